The third-order valence-electron chi connectivity index (χ3n) is 4.91. The zero-order chi connectivity index (χ0) is 23.8. The topological polar surface area (TPSA) is 107 Å². The number of anilines is 1. The Morgan fingerprint density at radius 3 is 2.18 bits per heavy atom. The molecule has 33 heavy (non-hydrogen) atoms. The van der Waals surface area contributed by atoms with Crippen molar-refractivity contribution in [2.24, 2.45) is 0 Å². The summed E-state index contributed by atoms with van der Waals surface area (Å²) in [4.78, 5) is 23.3. The molecular formula is C24H24N2O6S. The molecule has 3 aromatic rings. The van der Waals surface area contributed by atoms with Crippen LogP contribution in [0.4, 0.5) is 11.4 Å². The highest BCUT2D eigenvalue weighted by atomic mass is 32.2. The Balaban J connectivity index is 1.87. The minimum atomic E-state index is -4.19. The number of ether oxygens (including phenoxy) is 1. The highest BCUT2D eigenvalue weighted by molar-refractivity contribution is 7.93. The summed E-state index contributed by atoms with van der Waals surface area (Å²) >= 11 is 0. The van der Waals surface area contributed by atoms with Crippen molar-refractivity contribution in [3.8, 4) is 5.75 Å². The Kier molecular flexibility index (Phi) is 7.78. The van der Waals surface area contributed by atoms with Crippen LogP contribution in [0.15, 0.2) is 83.8 Å². The van der Waals surface area contributed by atoms with Gasteiger partial charge in [-0.2, -0.15) is 4.31 Å². The lowest BCUT2D eigenvalue weighted by atomic mass is 10.1. The average molecular weight is 469 g/mol. The molecule has 172 valence electrons. The van der Waals surface area contributed by atoms with Crippen molar-refractivity contribution in [2.75, 3.05) is 10.9 Å². The third-order valence-corrected chi connectivity index (χ3v) is 6.67. The monoisotopic (exact) mass is 468 g/mol. The lowest BCUT2D eigenvalue weighted by Gasteiger charge is -2.23. The number of nitro groups is 1. The second-order valence-corrected chi connectivity index (χ2v) is 9.07. The molecule has 1 amide bonds. The van der Waals surface area contributed by atoms with Crippen molar-refractivity contribution < 1.29 is 22.9 Å². The van der Waals surface area contributed by atoms with Gasteiger partial charge in [0.15, 0.2) is 6.61 Å². The van der Waals surface area contributed by atoms with E-state index in [1.165, 1.54) is 36.4 Å². The predicted molar refractivity (Wildman–Crippen MR) is 125 cm³/mol. The van der Waals surface area contributed by atoms with E-state index in [1.807, 2.05) is 12.1 Å². The van der Waals surface area contributed by atoms with E-state index in [2.05, 4.69) is 6.92 Å². The van der Waals surface area contributed by atoms with Crippen LogP contribution in [-0.4, -0.2) is 25.9 Å². The molecule has 0 aliphatic carbocycles. The summed E-state index contributed by atoms with van der Waals surface area (Å²) in [5, 5.41) is 10.8. The normalized spacial score (nSPS) is 11.1. The van der Waals surface area contributed by atoms with Gasteiger partial charge in [-0.05, 0) is 54.8 Å². The Morgan fingerprint density at radius 2 is 1.61 bits per heavy atom. The first kappa shape index (κ1) is 23.9. The summed E-state index contributed by atoms with van der Waals surface area (Å²) in [7, 11) is -4.19. The van der Waals surface area contributed by atoms with E-state index in [-0.39, 0.29) is 22.0 Å². The molecule has 3 aromatic carbocycles. The van der Waals surface area contributed by atoms with Crippen LogP contribution < -0.4 is 9.04 Å². The van der Waals surface area contributed by atoms with Crippen LogP contribution in [0.5, 0.6) is 5.75 Å². The lowest BCUT2D eigenvalue weighted by molar-refractivity contribution is -0.384. The van der Waals surface area contributed by atoms with E-state index >= 15 is 0 Å². The Labute approximate surface area is 192 Å². The molecule has 0 atom stereocenters. The van der Waals surface area contributed by atoms with E-state index in [0.717, 1.165) is 29.1 Å². The van der Waals surface area contributed by atoms with Gasteiger partial charge in [0, 0.05) is 12.1 Å². The van der Waals surface area contributed by atoms with Crippen LogP contribution in [0.25, 0.3) is 0 Å². The standard InChI is InChI=1S/C24H24N2O6S/c1-2-3-7-19-10-12-20(13-11-19)25(33(30,31)23-8-5-4-6-9-23)24(27)18-32-22-16-14-21(15-17-22)26(28)29/h4-6,8-17H,2-3,7,18H2,1H3. The van der Waals surface area contributed by atoms with Crippen LogP contribution in [0.2, 0.25) is 0 Å². The van der Waals surface area contributed by atoms with Gasteiger partial charge in [-0.25, -0.2) is 8.42 Å². The van der Waals surface area contributed by atoms with Crippen molar-refractivity contribution in [3.63, 3.8) is 0 Å². The van der Waals surface area contributed by atoms with Gasteiger partial charge in [0.1, 0.15) is 5.75 Å². The number of non-ortho nitro benzene ring substituents is 1. The van der Waals surface area contributed by atoms with Gasteiger partial charge in [-0.1, -0.05) is 43.7 Å². The number of carbonyl (C=O) groups excluding carboxylic acids is 1. The number of aryl methyl sites for hydroxylation is 1. The summed E-state index contributed by atoms with van der Waals surface area (Å²) < 4.78 is 32.8. The first-order valence-corrected chi connectivity index (χ1v) is 11.9. The molecular weight excluding hydrogens is 444 g/mol. The molecule has 0 radical (unpaired) electrons. The number of carbonyl (C=O) groups is 1. The smallest absolute Gasteiger partial charge is 0.278 e. The number of amides is 1. The van der Waals surface area contributed by atoms with Crippen molar-refractivity contribution >= 4 is 27.3 Å². The molecule has 0 unspecified atom stereocenters. The molecule has 0 saturated heterocycles. The molecule has 9 heteroatoms. The maximum atomic E-state index is 13.3. The maximum absolute atomic E-state index is 13.3. The highest BCUT2D eigenvalue weighted by Crippen LogP contribution is 2.25. The summed E-state index contributed by atoms with van der Waals surface area (Å²) in [5.41, 5.74) is 1.13. The summed E-state index contributed by atoms with van der Waals surface area (Å²) in [5.74, 6) is -0.584. The van der Waals surface area contributed by atoms with Crippen LogP contribution in [0.3, 0.4) is 0 Å². The first-order chi connectivity index (χ1) is 15.8. The minimum absolute atomic E-state index is 0.0243. The number of hydrogen-bond donors (Lipinski definition) is 0. The van der Waals surface area contributed by atoms with E-state index in [4.69, 9.17) is 4.74 Å². The number of nitro benzene ring substituents is 1. The molecule has 0 heterocycles. The minimum Gasteiger partial charge on any atom is -0.484 e. The van der Waals surface area contributed by atoms with Gasteiger partial charge in [-0.3, -0.25) is 14.9 Å². The highest BCUT2D eigenvalue weighted by Gasteiger charge is 2.31. The molecule has 0 N–H and O–H groups in total. The summed E-state index contributed by atoms with van der Waals surface area (Å²) in [6.07, 6.45) is 2.90. The predicted octanol–water partition coefficient (Wildman–Crippen LogP) is 4.74. The molecule has 0 bridgehead atoms. The second-order valence-electron chi connectivity index (χ2n) is 7.29. The fraction of sp³-hybridized carbons (Fsp3) is 0.208. The van der Waals surface area contributed by atoms with Crippen LogP contribution in [-0.2, 0) is 21.2 Å². The molecule has 0 aliphatic rings. The number of nitrogens with zero attached hydrogens (tertiary/aromatic N) is 2. The van der Waals surface area contributed by atoms with Gasteiger partial charge in [0.2, 0.25) is 0 Å². The molecule has 0 fully saturated rings. The van der Waals surface area contributed by atoms with E-state index in [9.17, 15) is 23.3 Å². The largest absolute Gasteiger partial charge is 0.484 e. The molecule has 0 saturated carbocycles. The molecule has 3 rings (SSSR count). The van der Waals surface area contributed by atoms with Crippen molar-refractivity contribution in [2.45, 2.75) is 31.1 Å². The molecule has 8 nitrogen and oxygen atoms in total. The van der Waals surface area contributed by atoms with E-state index in [1.54, 1.807) is 30.3 Å². The Hall–Kier alpha value is -3.72. The maximum Gasteiger partial charge on any atom is 0.278 e. The lowest BCUT2D eigenvalue weighted by Crippen LogP contribution is -2.40. The van der Waals surface area contributed by atoms with Gasteiger partial charge < -0.3 is 4.74 Å². The fourth-order valence-electron chi connectivity index (χ4n) is 3.16. The number of benzene rings is 3. The summed E-state index contributed by atoms with van der Waals surface area (Å²) in [6, 6.07) is 19.7. The first-order valence-electron chi connectivity index (χ1n) is 10.4. The van der Waals surface area contributed by atoms with Gasteiger partial charge in [0.05, 0.1) is 15.5 Å². The van der Waals surface area contributed by atoms with Crippen LogP contribution >= 0.6 is 0 Å². The molecule has 0 aliphatic heterocycles. The SMILES string of the molecule is CCCCc1ccc(N(C(=O)COc2ccc([N+](=O)[O-])cc2)S(=O)(=O)c2ccccc2)cc1. The summed E-state index contributed by atoms with van der Waals surface area (Å²) in [6.45, 7) is 1.52. The van der Waals surface area contributed by atoms with E-state index < -0.39 is 27.5 Å². The average Bonchev–Trinajstić information content (AvgIpc) is 2.83. The Bertz CT molecular complexity index is 1190. The van der Waals surface area contributed by atoms with Crippen molar-refractivity contribution in [3.05, 3.63) is 94.5 Å². The number of sulfonamides is 1. The van der Waals surface area contributed by atoms with Crippen LogP contribution in [0.1, 0.15) is 25.3 Å². The van der Waals surface area contributed by atoms with Gasteiger partial charge in [-0.15, -0.1) is 0 Å². The second kappa shape index (κ2) is 10.7. The zero-order valence-corrected chi connectivity index (χ0v) is 18.9. The molecule has 0 aromatic heterocycles. The quantitative estimate of drug-likeness (QED) is 0.314. The van der Waals surface area contributed by atoms with Crippen LogP contribution in [0, 0.1) is 10.1 Å². The number of rotatable bonds is 10. The number of unbranched alkanes of at least 4 members (excludes halogenated alkanes) is 1. The third kappa shape index (κ3) is 5.95. The van der Waals surface area contributed by atoms with Crippen molar-refractivity contribution in [1.29, 1.82) is 0 Å². The van der Waals surface area contributed by atoms with Crippen molar-refractivity contribution in [1.82, 2.24) is 0 Å². The van der Waals surface area contributed by atoms with Gasteiger partial charge in [0.25, 0.3) is 21.6 Å². The zero-order valence-electron chi connectivity index (χ0n) is 18.1. The van der Waals surface area contributed by atoms with Gasteiger partial charge >= 0.3 is 0 Å². The van der Waals surface area contributed by atoms with E-state index in [0.29, 0.717) is 0 Å². The fourth-order valence-corrected chi connectivity index (χ4v) is 4.59. The number of hydrogen-bond acceptors (Lipinski definition) is 6. The Morgan fingerprint density at radius 1 is 0.970 bits per heavy atom. The molecule has 0 spiro atoms.